The third-order valence-corrected chi connectivity index (χ3v) is 5.57. The van der Waals surface area contributed by atoms with E-state index in [1.54, 1.807) is 12.1 Å². The molecule has 0 aliphatic rings. The minimum Gasteiger partial charge on any atom is -0.326 e. The highest BCUT2D eigenvalue weighted by molar-refractivity contribution is 9.10. The molecule has 3 N–H and O–H groups in total. The highest BCUT2D eigenvalue weighted by Gasteiger charge is 2.12. The van der Waals surface area contributed by atoms with Gasteiger partial charge in [-0.2, -0.15) is 0 Å². The number of benzene rings is 2. The van der Waals surface area contributed by atoms with Gasteiger partial charge in [0.25, 0.3) is 0 Å². The maximum atomic E-state index is 12.4. The van der Waals surface area contributed by atoms with E-state index in [-0.39, 0.29) is 10.8 Å². The summed E-state index contributed by atoms with van der Waals surface area (Å²) in [5.41, 5.74) is 3.98. The predicted octanol–water partition coefficient (Wildman–Crippen LogP) is 3.79. The molecule has 0 radical (unpaired) electrons. The number of sulfonamides is 1. The molecule has 0 unspecified atom stereocenters. The summed E-state index contributed by atoms with van der Waals surface area (Å²) in [4.78, 5) is 12.5. The summed E-state index contributed by atoms with van der Waals surface area (Å²) in [6.07, 6.45) is 2.50. The van der Waals surface area contributed by atoms with E-state index in [2.05, 4.69) is 35.1 Å². The number of hydrogen-bond donors (Lipinski definition) is 2. The van der Waals surface area contributed by atoms with Crippen LogP contribution in [0.15, 0.2) is 45.8 Å². The van der Waals surface area contributed by atoms with Gasteiger partial charge in [-0.05, 0) is 60.2 Å². The van der Waals surface area contributed by atoms with Crippen LogP contribution in [0.3, 0.4) is 0 Å². The number of anilines is 1. The molecule has 2 rings (SSSR count). The van der Waals surface area contributed by atoms with Crippen LogP contribution in [0.4, 0.5) is 5.69 Å². The fourth-order valence-corrected chi connectivity index (χ4v) is 3.82. The van der Waals surface area contributed by atoms with Crippen molar-refractivity contribution in [3.63, 3.8) is 0 Å². The second kappa shape index (κ2) is 8.79. The Labute approximate surface area is 163 Å². The van der Waals surface area contributed by atoms with E-state index in [0.29, 0.717) is 12.8 Å². The predicted molar refractivity (Wildman–Crippen MR) is 108 cm³/mol. The van der Waals surface area contributed by atoms with E-state index in [1.165, 1.54) is 12.1 Å². The lowest BCUT2D eigenvalue weighted by Gasteiger charge is -2.15. The molecule has 2 aromatic carbocycles. The summed E-state index contributed by atoms with van der Waals surface area (Å²) in [6.45, 7) is 4.12. The molecule has 0 spiro atoms. The van der Waals surface area contributed by atoms with Gasteiger partial charge in [0, 0.05) is 16.6 Å². The van der Waals surface area contributed by atoms with Crippen molar-refractivity contribution >= 4 is 37.5 Å². The number of hydrogen-bond acceptors (Lipinski definition) is 3. The van der Waals surface area contributed by atoms with Gasteiger partial charge in [-0.25, -0.2) is 13.6 Å². The molecule has 0 aromatic heterocycles. The van der Waals surface area contributed by atoms with E-state index >= 15 is 0 Å². The maximum absolute atomic E-state index is 12.4. The van der Waals surface area contributed by atoms with Gasteiger partial charge in [-0.15, -0.1) is 0 Å². The van der Waals surface area contributed by atoms with Crippen LogP contribution in [0, 0.1) is 0 Å². The zero-order chi connectivity index (χ0) is 19.3. The van der Waals surface area contributed by atoms with Crippen LogP contribution >= 0.6 is 15.9 Å². The first-order valence-electron chi connectivity index (χ1n) is 8.47. The van der Waals surface area contributed by atoms with Crippen molar-refractivity contribution in [2.75, 3.05) is 5.32 Å². The zero-order valence-corrected chi connectivity index (χ0v) is 17.3. The molecule has 0 heterocycles. The van der Waals surface area contributed by atoms with E-state index in [1.807, 2.05) is 12.1 Å². The van der Waals surface area contributed by atoms with Crippen molar-refractivity contribution in [3.8, 4) is 0 Å². The van der Waals surface area contributed by atoms with Crippen molar-refractivity contribution in [1.82, 2.24) is 0 Å². The number of carbonyl (C=O) groups excluding carboxylic acids is 1. The van der Waals surface area contributed by atoms with E-state index in [0.717, 1.165) is 39.7 Å². The first-order chi connectivity index (χ1) is 12.2. The van der Waals surface area contributed by atoms with E-state index < -0.39 is 10.0 Å². The average molecular weight is 439 g/mol. The molecule has 0 fully saturated rings. The van der Waals surface area contributed by atoms with Crippen molar-refractivity contribution in [1.29, 1.82) is 0 Å². The van der Waals surface area contributed by atoms with Crippen LogP contribution in [-0.4, -0.2) is 14.3 Å². The molecule has 26 heavy (non-hydrogen) atoms. The van der Waals surface area contributed by atoms with Crippen molar-refractivity contribution in [3.05, 3.63) is 57.6 Å². The Kier molecular flexibility index (Phi) is 6.97. The molecule has 0 saturated heterocycles. The molecule has 0 aliphatic heterocycles. The molecule has 0 atom stereocenters. The Morgan fingerprint density at radius 2 is 1.62 bits per heavy atom. The summed E-state index contributed by atoms with van der Waals surface area (Å²) in [7, 11) is -3.69. The lowest BCUT2D eigenvalue weighted by molar-refractivity contribution is -0.116. The third-order valence-electron chi connectivity index (χ3n) is 4.19. The molecule has 0 saturated carbocycles. The minimum atomic E-state index is -3.69. The summed E-state index contributed by atoms with van der Waals surface area (Å²) >= 11 is 3.51. The van der Waals surface area contributed by atoms with Crippen LogP contribution in [0.5, 0.6) is 0 Å². The lowest BCUT2D eigenvalue weighted by Crippen LogP contribution is -2.15. The summed E-state index contributed by atoms with van der Waals surface area (Å²) < 4.78 is 23.6. The summed E-state index contributed by atoms with van der Waals surface area (Å²) in [5, 5.41) is 8.12. The normalized spacial score (nSPS) is 11.4. The monoisotopic (exact) mass is 438 g/mol. The van der Waals surface area contributed by atoms with Crippen LogP contribution in [0.25, 0.3) is 0 Å². The molecule has 5 nitrogen and oxygen atoms in total. The Hall–Kier alpha value is -1.70. The van der Waals surface area contributed by atoms with Gasteiger partial charge in [-0.3, -0.25) is 4.79 Å². The highest BCUT2D eigenvalue weighted by atomic mass is 79.9. The average Bonchev–Trinajstić information content (AvgIpc) is 2.60. The Morgan fingerprint density at radius 1 is 1.08 bits per heavy atom. The maximum Gasteiger partial charge on any atom is 0.238 e. The Balaban J connectivity index is 2.06. The van der Waals surface area contributed by atoms with Gasteiger partial charge in [0.1, 0.15) is 0 Å². The third kappa shape index (κ3) is 5.40. The zero-order valence-electron chi connectivity index (χ0n) is 14.9. The smallest absolute Gasteiger partial charge is 0.238 e. The first kappa shape index (κ1) is 20.6. The number of halogens is 1. The van der Waals surface area contributed by atoms with Gasteiger partial charge < -0.3 is 5.32 Å². The van der Waals surface area contributed by atoms with Gasteiger partial charge >= 0.3 is 0 Å². The molecular weight excluding hydrogens is 416 g/mol. The van der Waals surface area contributed by atoms with Gasteiger partial charge in [0.2, 0.25) is 15.9 Å². The standard InChI is InChI=1S/C19H23BrN2O3S/c1-3-14-11-16(20)12-15(4-2)19(14)22-18(23)10-7-13-5-8-17(9-6-13)26(21,24)25/h5-6,8-9,11-12H,3-4,7,10H2,1-2H3,(H,22,23)(H2,21,24,25). The van der Waals surface area contributed by atoms with Crippen LogP contribution < -0.4 is 10.5 Å². The Bertz CT molecular complexity index is 868. The van der Waals surface area contributed by atoms with Gasteiger partial charge in [-0.1, -0.05) is 41.9 Å². The van der Waals surface area contributed by atoms with Crippen molar-refractivity contribution in [2.45, 2.75) is 44.4 Å². The first-order valence-corrected chi connectivity index (χ1v) is 10.8. The molecule has 0 aliphatic carbocycles. The second-order valence-corrected chi connectivity index (χ2v) is 8.52. The fraction of sp³-hybridized carbons (Fsp3) is 0.316. The number of rotatable bonds is 7. The molecule has 2 aromatic rings. The number of aryl methyl sites for hydroxylation is 3. The quantitative estimate of drug-likeness (QED) is 0.688. The van der Waals surface area contributed by atoms with E-state index in [9.17, 15) is 13.2 Å². The largest absolute Gasteiger partial charge is 0.326 e. The molecule has 7 heteroatoms. The van der Waals surface area contributed by atoms with Gasteiger partial charge in [0.15, 0.2) is 0 Å². The molecule has 1 amide bonds. The number of amides is 1. The highest BCUT2D eigenvalue weighted by Crippen LogP contribution is 2.27. The number of primary sulfonamides is 1. The lowest BCUT2D eigenvalue weighted by atomic mass is 10.0. The number of carbonyl (C=O) groups is 1. The topological polar surface area (TPSA) is 89.3 Å². The molecular formula is C19H23BrN2O3S. The Morgan fingerprint density at radius 3 is 2.08 bits per heavy atom. The summed E-state index contributed by atoms with van der Waals surface area (Å²) in [5.74, 6) is -0.0627. The van der Waals surface area contributed by atoms with Crippen LogP contribution in [-0.2, 0) is 34.1 Å². The molecule has 140 valence electrons. The van der Waals surface area contributed by atoms with Gasteiger partial charge in [0.05, 0.1) is 4.90 Å². The molecule has 0 bridgehead atoms. The van der Waals surface area contributed by atoms with Crippen molar-refractivity contribution < 1.29 is 13.2 Å². The van der Waals surface area contributed by atoms with Crippen LogP contribution in [0.1, 0.15) is 37.0 Å². The van der Waals surface area contributed by atoms with Crippen molar-refractivity contribution in [2.24, 2.45) is 5.14 Å². The van der Waals surface area contributed by atoms with E-state index in [4.69, 9.17) is 5.14 Å². The van der Waals surface area contributed by atoms with Crippen LogP contribution in [0.2, 0.25) is 0 Å². The fourth-order valence-electron chi connectivity index (χ4n) is 2.75. The SMILES string of the molecule is CCc1cc(Br)cc(CC)c1NC(=O)CCc1ccc(S(N)(=O)=O)cc1. The number of nitrogens with two attached hydrogens (primary N) is 1. The second-order valence-electron chi connectivity index (χ2n) is 6.04. The number of nitrogens with one attached hydrogen (secondary N) is 1. The minimum absolute atomic E-state index is 0.0627. The summed E-state index contributed by atoms with van der Waals surface area (Å²) in [6, 6.07) is 10.3.